The number of aromatic hydroxyl groups is 2. The highest BCUT2D eigenvalue weighted by Gasteiger charge is 2.45. The van der Waals surface area contributed by atoms with Gasteiger partial charge in [0.2, 0.25) is 17.7 Å². The summed E-state index contributed by atoms with van der Waals surface area (Å²) in [5.41, 5.74) is 13.6. The van der Waals surface area contributed by atoms with Crippen LogP contribution in [0.3, 0.4) is 0 Å². The van der Waals surface area contributed by atoms with E-state index in [9.17, 15) is 24.9 Å². The molecule has 4 aromatic heterocycles. The van der Waals surface area contributed by atoms with Crippen molar-refractivity contribution in [3.8, 4) is 39.1 Å². The molecule has 0 radical (unpaired) electrons. The van der Waals surface area contributed by atoms with Gasteiger partial charge in [-0.2, -0.15) is 0 Å². The van der Waals surface area contributed by atoms with Crippen LogP contribution in [0.5, 0.6) is 17.4 Å². The Balaban J connectivity index is 0.567. The summed E-state index contributed by atoms with van der Waals surface area (Å²) in [4.78, 5) is 49.4. The summed E-state index contributed by atoms with van der Waals surface area (Å²) in [5, 5.41) is 48.3. The van der Waals surface area contributed by atoms with Gasteiger partial charge in [0, 0.05) is 119 Å². The number of ether oxygens (including phenoxy) is 2. The predicted octanol–water partition coefficient (Wildman–Crippen LogP) is 7.70. The number of anilines is 4. The van der Waals surface area contributed by atoms with Crippen LogP contribution in [-0.4, -0.2) is 157 Å². The molecule has 434 valence electrons. The molecule has 21 heteroatoms. The number of rotatable bonds is 17. The van der Waals surface area contributed by atoms with Gasteiger partial charge in [0.15, 0.2) is 17.4 Å². The molecule has 2 unspecified atom stereocenters. The molecule has 6 atom stereocenters. The number of piperazine rings is 1. The van der Waals surface area contributed by atoms with Crippen molar-refractivity contribution in [1.82, 2.24) is 40.4 Å². The first-order chi connectivity index (χ1) is 39.7. The minimum Gasteiger partial charge on any atom is -0.508 e. The zero-order valence-corrected chi connectivity index (χ0v) is 48.0. The van der Waals surface area contributed by atoms with Gasteiger partial charge in [0.25, 0.3) is 0 Å². The second-order valence-corrected chi connectivity index (χ2v) is 24.8. The number of nitrogen functional groups attached to an aromatic ring is 1. The standard InChI is InChI=1S/C61H76N12O8S/c1-35(2)57(61(78)72-33-43(74)25-51(72)60(77)65-36(3)47-12-9-39(23-53(47)76)58-37(4)64-34-82-58)54-29-55(68-81-54)70-21-14-38(15-22-70)30-69-19-16-44(17-20-69)79-45-26-46(27-45)80-56-24-40(13-18-63-56)73-41-10-11-42(73)32-71(31-41)50-28-49(66-67-59(50)62)48-7-5-6-8-52(48)75/h5-9,12-13,18,23-24,28-29,34-36,38,41-46,51,57,74-76H,10-11,14-17,19-22,25-27,30-33H2,1-4H3,(H2,62,67)(H,65,77)/t36-,41?,42?,43+,45?,46?,51-,57+/m0/s1. The average molecular weight is 1140 g/mol. The molecule has 0 spiro atoms. The lowest BCUT2D eigenvalue weighted by Crippen LogP contribution is -2.54. The molecule has 6 fully saturated rings. The maximum atomic E-state index is 14.4. The number of carbonyl (C=O) groups is 2. The Bertz CT molecular complexity index is 3210. The van der Waals surface area contributed by atoms with Crippen molar-refractivity contribution in [3.05, 3.63) is 95.5 Å². The van der Waals surface area contributed by atoms with Gasteiger partial charge < -0.3 is 64.9 Å². The van der Waals surface area contributed by atoms with Crippen molar-refractivity contribution < 1.29 is 38.9 Å². The third kappa shape index (κ3) is 11.7. The second-order valence-electron chi connectivity index (χ2n) is 23.9. The Labute approximate surface area is 482 Å². The van der Waals surface area contributed by atoms with E-state index in [0.717, 1.165) is 125 Å². The summed E-state index contributed by atoms with van der Waals surface area (Å²) in [7, 11) is 0. The molecule has 2 amide bonds. The number of β-amino-alcohol motifs (C(OH)–C–C–N with tert-alkyl or cyclic N) is 1. The summed E-state index contributed by atoms with van der Waals surface area (Å²) in [6.07, 6.45) is 9.62. The highest BCUT2D eigenvalue weighted by atomic mass is 32.1. The zero-order chi connectivity index (χ0) is 56.8. The lowest BCUT2D eigenvalue weighted by Gasteiger charge is -2.43. The van der Waals surface area contributed by atoms with Gasteiger partial charge in [0.1, 0.15) is 29.6 Å². The number of fused-ring (bicyclic) bond motifs is 2. The van der Waals surface area contributed by atoms with Gasteiger partial charge in [0.05, 0.1) is 51.8 Å². The van der Waals surface area contributed by atoms with Crippen molar-refractivity contribution in [2.45, 2.75) is 140 Å². The van der Waals surface area contributed by atoms with E-state index in [1.165, 1.54) is 16.2 Å². The highest BCUT2D eigenvalue weighted by Crippen LogP contribution is 2.42. The SMILES string of the molecule is Cc1ncsc1-c1ccc([C@H](C)NC(=O)[C@@H]2C[C@@H](O)CN2C(=O)[C@@H](c2cc(N3CCC(CN4CCC(OC5CC(Oc6cc(N7C8CCC7CN(c7cc(-c9ccccc9O)nnc7N)C8)ccn6)C5)CC4)CC3)no2)C(C)C)c(O)c1. The number of nitrogens with zero attached hydrogens (tertiary/aromatic N) is 10. The number of piperidine rings is 2. The summed E-state index contributed by atoms with van der Waals surface area (Å²) in [6.45, 7) is 14.0. The molecule has 6 aromatic rings. The van der Waals surface area contributed by atoms with Crippen LogP contribution in [0, 0.1) is 18.8 Å². The number of likely N-dealkylation sites (tertiary alicyclic amines) is 2. The molecule has 5 saturated heterocycles. The minimum atomic E-state index is -0.887. The minimum absolute atomic E-state index is 0.0341. The molecule has 6 N–H and O–H groups in total. The molecular formula is C61H76N12O8S. The molecule has 9 heterocycles. The fourth-order valence-corrected chi connectivity index (χ4v) is 14.3. The maximum Gasteiger partial charge on any atom is 0.243 e. The first-order valence-corrected chi connectivity index (χ1v) is 30.3. The fourth-order valence-electron chi connectivity index (χ4n) is 13.5. The first-order valence-electron chi connectivity index (χ1n) is 29.4. The van der Waals surface area contributed by atoms with Crippen LogP contribution in [0.2, 0.25) is 0 Å². The number of hydrogen-bond donors (Lipinski definition) is 5. The number of thiazole rings is 1. The van der Waals surface area contributed by atoms with E-state index < -0.39 is 30.0 Å². The number of aryl methyl sites for hydroxylation is 1. The Morgan fingerprint density at radius 2 is 1.60 bits per heavy atom. The monoisotopic (exact) mass is 1140 g/mol. The first kappa shape index (κ1) is 55.5. The van der Waals surface area contributed by atoms with E-state index in [2.05, 4.69) is 62.4 Å². The van der Waals surface area contributed by atoms with Crippen molar-refractivity contribution in [2.75, 3.05) is 72.8 Å². The number of aliphatic hydroxyl groups excluding tert-OH is 1. The summed E-state index contributed by atoms with van der Waals surface area (Å²) in [5.74, 6) is 1.46. The third-order valence-corrected chi connectivity index (χ3v) is 19.0. The number of carbonyl (C=O) groups excluding carboxylic acids is 2. The van der Waals surface area contributed by atoms with Crippen LogP contribution in [0.1, 0.15) is 108 Å². The molecule has 1 saturated carbocycles. The summed E-state index contributed by atoms with van der Waals surface area (Å²) >= 11 is 1.50. The number of hydrogen-bond acceptors (Lipinski definition) is 19. The molecular weight excluding hydrogens is 1060 g/mol. The number of nitrogens with two attached hydrogens (primary N) is 1. The molecule has 2 aromatic carbocycles. The van der Waals surface area contributed by atoms with Crippen LogP contribution >= 0.6 is 11.3 Å². The van der Waals surface area contributed by atoms with Crippen molar-refractivity contribution in [2.24, 2.45) is 11.8 Å². The largest absolute Gasteiger partial charge is 0.508 e. The Morgan fingerprint density at radius 3 is 2.32 bits per heavy atom. The van der Waals surface area contributed by atoms with E-state index in [1.54, 1.807) is 36.7 Å². The van der Waals surface area contributed by atoms with E-state index in [-0.39, 0.29) is 54.6 Å². The van der Waals surface area contributed by atoms with Gasteiger partial charge in [-0.3, -0.25) is 9.59 Å². The number of aliphatic hydroxyl groups is 1. The second kappa shape index (κ2) is 23.7. The average Bonchev–Trinajstić information content (AvgIpc) is 3.95. The molecule has 82 heavy (non-hydrogen) atoms. The van der Waals surface area contributed by atoms with Crippen LogP contribution in [-0.2, 0) is 14.3 Å². The normalized spacial score (nSPS) is 24.2. The van der Waals surface area contributed by atoms with Gasteiger partial charge in [-0.1, -0.05) is 43.3 Å². The van der Waals surface area contributed by atoms with Crippen molar-refractivity contribution >= 4 is 46.2 Å². The topological polar surface area (TPSA) is 245 Å². The van der Waals surface area contributed by atoms with Crippen LogP contribution in [0.15, 0.2) is 83.0 Å². The van der Waals surface area contributed by atoms with Gasteiger partial charge in [-0.25, -0.2) is 9.97 Å². The molecule has 12 rings (SSSR count). The predicted molar refractivity (Wildman–Crippen MR) is 313 cm³/mol. The number of benzene rings is 2. The number of nitrogens with one attached hydrogen (secondary N) is 1. The number of phenolic OH excluding ortho intramolecular Hbond substituents is 2. The number of pyridine rings is 1. The Kier molecular flexibility index (Phi) is 16.0. The highest BCUT2D eigenvalue weighted by molar-refractivity contribution is 7.13. The number of aromatic nitrogens is 5. The molecule has 1 aliphatic carbocycles. The van der Waals surface area contributed by atoms with E-state index in [1.807, 2.05) is 57.3 Å². The Hall–Kier alpha value is -7.07. The number of para-hydroxylation sites is 1. The van der Waals surface area contributed by atoms with Gasteiger partial charge in [-0.15, -0.1) is 21.5 Å². The molecule has 20 nitrogen and oxygen atoms in total. The molecule has 6 aliphatic rings. The van der Waals surface area contributed by atoms with Crippen LogP contribution in [0.4, 0.5) is 23.0 Å². The van der Waals surface area contributed by atoms with Gasteiger partial charge in [-0.05, 0) is 100 Å². The lowest BCUT2D eigenvalue weighted by atomic mass is 9.91. The van der Waals surface area contributed by atoms with Gasteiger partial charge >= 0.3 is 0 Å². The third-order valence-electron chi connectivity index (χ3n) is 18.0. The lowest BCUT2D eigenvalue weighted by molar-refractivity contribution is -0.141. The van der Waals surface area contributed by atoms with Crippen molar-refractivity contribution in [3.63, 3.8) is 0 Å². The Morgan fingerprint density at radius 1 is 0.829 bits per heavy atom. The summed E-state index contributed by atoms with van der Waals surface area (Å²) < 4.78 is 19.0. The summed E-state index contributed by atoms with van der Waals surface area (Å²) in [6, 6.07) is 19.7. The van der Waals surface area contributed by atoms with E-state index in [0.29, 0.717) is 58.1 Å². The quantitative estimate of drug-likeness (QED) is 0.0587. The number of phenols is 2. The van der Waals surface area contributed by atoms with E-state index >= 15 is 0 Å². The molecule has 5 aliphatic heterocycles. The maximum absolute atomic E-state index is 14.4. The number of amides is 2. The van der Waals surface area contributed by atoms with Crippen LogP contribution in [0.25, 0.3) is 21.7 Å². The fraction of sp³-hybridized carbons (Fsp3) is 0.525. The van der Waals surface area contributed by atoms with Crippen molar-refractivity contribution in [1.29, 1.82) is 0 Å². The van der Waals surface area contributed by atoms with E-state index in [4.69, 9.17) is 19.7 Å². The smallest absolute Gasteiger partial charge is 0.243 e. The zero-order valence-electron chi connectivity index (χ0n) is 47.2. The van der Waals surface area contributed by atoms with Crippen LogP contribution < -0.4 is 30.5 Å². The molecule has 2 bridgehead atoms.